The van der Waals surface area contributed by atoms with Crippen molar-refractivity contribution in [3.8, 4) is 0 Å². The van der Waals surface area contributed by atoms with Crippen molar-refractivity contribution in [1.29, 1.82) is 0 Å². The van der Waals surface area contributed by atoms with Gasteiger partial charge in [-0.15, -0.1) is 0 Å². The van der Waals surface area contributed by atoms with E-state index in [9.17, 15) is 26.4 Å². The van der Waals surface area contributed by atoms with Gasteiger partial charge in [0.25, 0.3) is 5.91 Å². The molecule has 0 saturated heterocycles. The SMILES string of the molecule is Cc1ccc(S(=O)(=O)NCCNC(=O)c2ccc(SC(F)(F)F)cc2)cc1. The van der Waals surface area contributed by atoms with Crippen molar-refractivity contribution in [2.24, 2.45) is 0 Å². The van der Waals surface area contributed by atoms with E-state index in [1.165, 1.54) is 36.4 Å². The highest BCUT2D eigenvalue weighted by atomic mass is 32.2. The topological polar surface area (TPSA) is 75.3 Å². The van der Waals surface area contributed by atoms with Crippen LogP contribution in [0.5, 0.6) is 0 Å². The Kier molecular flexibility index (Phi) is 6.90. The van der Waals surface area contributed by atoms with Crippen LogP contribution in [0, 0.1) is 6.92 Å². The van der Waals surface area contributed by atoms with Gasteiger partial charge in [-0.25, -0.2) is 13.1 Å². The van der Waals surface area contributed by atoms with Gasteiger partial charge >= 0.3 is 5.51 Å². The van der Waals surface area contributed by atoms with Gasteiger partial charge < -0.3 is 5.32 Å². The first-order valence-corrected chi connectivity index (χ1v) is 10.1. The minimum Gasteiger partial charge on any atom is -0.351 e. The van der Waals surface area contributed by atoms with Crippen molar-refractivity contribution in [1.82, 2.24) is 10.0 Å². The van der Waals surface area contributed by atoms with Crippen LogP contribution in [0.15, 0.2) is 58.3 Å². The van der Waals surface area contributed by atoms with Crippen molar-refractivity contribution >= 4 is 27.7 Å². The van der Waals surface area contributed by atoms with Crippen LogP contribution in [0.4, 0.5) is 13.2 Å². The molecular weight excluding hydrogens is 401 g/mol. The first-order chi connectivity index (χ1) is 12.6. The Labute approximate surface area is 159 Å². The molecule has 0 bridgehead atoms. The van der Waals surface area contributed by atoms with Gasteiger partial charge in [0.15, 0.2) is 0 Å². The highest BCUT2D eigenvalue weighted by molar-refractivity contribution is 8.00. The van der Waals surface area contributed by atoms with E-state index in [2.05, 4.69) is 10.0 Å². The van der Waals surface area contributed by atoms with Crippen LogP contribution < -0.4 is 10.0 Å². The molecule has 2 N–H and O–H groups in total. The Morgan fingerprint density at radius 2 is 1.59 bits per heavy atom. The minimum absolute atomic E-state index is 0.0232. The van der Waals surface area contributed by atoms with Crippen molar-refractivity contribution in [3.63, 3.8) is 0 Å². The summed E-state index contributed by atoms with van der Waals surface area (Å²) >= 11 is -0.264. The van der Waals surface area contributed by atoms with Gasteiger partial charge in [-0.1, -0.05) is 17.7 Å². The number of alkyl halides is 3. The second kappa shape index (κ2) is 8.77. The van der Waals surface area contributed by atoms with E-state index < -0.39 is 21.4 Å². The van der Waals surface area contributed by atoms with Gasteiger partial charge in [0.05, 0.1) is 4.90 Å². The van der Waals surface area contributed by atoms with Crippen LogP contribution in [0.25, 0.3) is 0 Å². The maximum absolute atomic E-state index is 12.3. The molecule has 2 aromatic carbocycles. The first-order valence-electron chi connectivity index (χ1n) is 7.77. The lowest BCUT2D eigenvalue weighted by Crippen LogP contribution is -2.34. The highest BCUT2D eigenvalue weighted by Crippen LogP contribution is 2.36. The number of rotatable bonds is 7. The lowest BCUT2D eigenvalue weighted by atomic mass is 10.2. The molecule has 0 unspecified atom stereocenters. The molecule has 0 radical (unpaired) electrons. The Bertz CT molecular complexity index is 881. The third-order valence-corrected chi connectivity index (χ3v) is 5.60. The predicted octanol–water partition coefficient (Wildman–Crippen LogP) is 3.32. The number of amides is 1. The quantitative estimate of drug-likeness (QED) is 0.534. The number of thioether (sulfide) groups is 1. The monoisotopic (exact) mass is 418 g/mol. The first kappa shape index (κ1) is 21.3. The van der Waals surface area contributed by atoms with Crippen molar-refractivity contribution in [2.45, 2.75) is 22.2 Å². The number of sulfonamides is 1. The van der Waals surface area contributed by atoms with Crippen molar-refractivity contribution in [2.75, 3.05) is 13.1 Å². The summed E-state index contributed by atoms with van der Waals surface area (Å²) in [7, 11) is -3.67. The summed E-state index contributed by atoms with van der Waals surface area (Å²) in [4.78, 5) is 12.1. The maximum atomic E-state index is 12.3. The fourth-order valence-electron chi connectivity index (χ4n) is 2.07. The zero-order valence-corrected chi connectivity index (χ0v) is 15.8. The molecule has 0 saturated carbocycles. The van der Waals surface area contributed by atoms with Crippen molar-refractivity contribution < 1.29 is 26.4 Å². The average molecular weight is 418 g/mol. The van der Waals surface area contributed by atoms with Crippen LogP contribution in [-0.2, 0) is 10.0 Å². The molecule has 0 heterocycles. The van der Waals surface area contributed by atoms with Gasteiger partial charge in [-0.2, -0.15) is 13.2 Å². The Morgan fingerprint density at radius 1 is 1.00 bits per heavy atom. The van der Waals surface area contributed by atoms with Gasteiger partial charge in [0, 0.05) is 23.5 Å². The summed E-state index contributed by atoms with van der Waals surface area (Å²) in [6.45, 7) is 1.85. The molecule has 0 aliphatic rings. The normalized spacial score (nSPS) is 12.0. The van der Waals surface area contributed by atoms with Crippen LogP contribution in [-0.4, -0.2) is 32.9 Å². The second-order valence-electron chi connectivity index (χ2n) is 5.54. The zero-order chi connectivity index (χ0) is 20.1. The molecule has 0 atom stereocenters. The molecule has 0 aliphatic carbocycles. The van der Waals surface area contributed by atoms with E-state index in [1.807, 2.05) is 6.92 Å². The van der Waals surface area contributed by atoms with E-state index in [0.29, 0.717) is 0 Å². The van der Waals surface area contributed by atoms with E-state index in [-0.39, 0.29) is 40.2 Å². The number of carbonyl (C=O) groups is 1. The molecule has 2 rings (SSSR count). The molecule has 27 heavy (non-hydrogen) atoms. The number of hydrogen-bond donors (Lipinski definition) is 2. The van der Waals surface area contributed by atoms with Crippen LogP contribution >= 0.6 is 11.8 Å². The number of carbonyl (C=O) groups excluding carboxylic acids is 1. The number of hydrogen-bond acceptors (Lipinski definition) is 4. The molecule has 10 heteroatoms. The summed E-state index contributed by atoms with van der Waals surface area (Å²) in [5, 5.41) is 2.50. The predicted molar refractivity (Wildman–Crippen MR) is 97.1 cm³/mol. The van der Waals surface area contributed by atoms with E-state index >= 15 is 0 Å². The third kappa shape index (κ3) is 6.89. The van der Waals surface area contributed by atoms with Gasteiger partial charge in [-0.3, -0.25) is 4.79 Å². The molecule has 2 aromatic rings. The standard InChI is InChI=1S/C17H17F3N2O3S2/c1-12-2-8-15(9-3-12)27(24,25)22-11-10-21-16(23)13-4-6-14(7-5-13)26-17(18,19)20/h2-9,22H,10-11H2,1H3,(H,21,23). The zero-order valence-electron chi connectivity index (χ0n) is 14.2. The number of nitrogens with one attached hydrogen (secondary N) is 2. The Morgan fingerprint density at radius 3 is 2.15 bits per heavy atom. The average Bonchev–Trinajstić information content (AvgIpc) is 2.58. The van der Waals surface area contributed by atoms with Gasteiger partial charge in [0.1, 0.15) is 0 Å². The summed E-state index contributed by atoms with van der Waals surface area (Å²) < 4.78 is 63.4. The minimum atomic E-state index is -4.39. The van der Waals surface area contributed by atoms with Gasteiger partial charge in [0.2, 0.25) is 10.0 Å². The number of halogens is 3. The van der Waals surface area contributed by atoms with E-state index in [4.69, 9.17) is 0 Å². The fraction of sp³-hybridized carbons (Fsp3) is 0.235. The molecule has 0 fully saturated rings. The Balaban J connectivity index is 1.83. The summed E-state index contributed by atoms with van der Waals surface area (Å²) in [5.41, 5.74) is -3.28. The largest absolute Gasteiger partial charge is 0.446 e. The van der Waals surface area contributed by atoms with Gasteiger partial charge in [-0.05, 0) is 55.1 Å². The molecule has 0 aliphatic heterocycles. The van der Waals surface area contributed by atoms with Crippen LogP contribution in [0.3, 0.4) is 0 Å². The van der Waals surface area contributed by atoms with E-state index in [0.717, 1.165) is 5.56 Å². The summed E-state index contributed by atoms with van der Waals surface area (Å²) in [6.07, 6.45) is 0. The smallest absolute Gasteiger partial charge is 0.351 e. The molecule has 0 aromatic heterocycles. The van der Waals surface area contributed by atoms with Crippen LogP contribution in [0.1, 0.15) is 15.9 Å². The molecule has 146 valence electrons. The summed E-state index contributed by atoms with van der Waals surface area (Å²) in [6, 6.07) is 11.3. The molecule has 5 nitrogen and oxygen atoms in total. The molecular formula is C17H17F3N2O3S2. The maximum Gasteiger partial charge on any atom is 0.446 e. The second-order valence-corrected chi connectivity index (χ2v) is 8.44. The van der Waals surface area contributed by atoms with Crippen molar-refractivity contribution in [3.05, 3.63) is 59.7 Å². The summed E-state index contributed by atoms with van der Waals surface area (Å²) in [5.74, 6) is -0.506. The lowest BCUT2D eigenvalue weighted by molar-refractivity contribution is -0.0328. The Hall–Kier alpha value is -2.04. The van der Waals surface area contributed by atoms with Crippen LogP contribution in [0.2, 0.25) is 0 Å². The molecule has 0 spiro atoms. The number of benzene rings is 2. The number of aryl methyl sites for hydroxylation is 1. The van der Waals surface area contributed by atoms with E-state index in [1.54, 1.807) is 12.1 Å². The third-order valence-electron chi connectivity index (χ3n) is 3.38. The lowest BCUT2D eigenvalue weighted by Gasteiger charge is -2.09. The fourth-order valence-corrected chi connectivity index (χ4v) is 3.64. The highest BCUT2D eigenvalue weighted by Gasteiger charge is 2.29. The molecule has 1 amide bonds.